The molecule has 1 heterocycles. The van der Waals surface area contributed by atoms with E-state index in [0.717, 1.165) is 27.5 Å². The van der Waals surface area contributed by atoms with Gasteiger partial charge in [-0.2, -0.15) is 0 Å². The third kappa shape index (κ3) is 2.52. The number of ether oxygens (including phenoxy) is 1. The monoisotopic (exact) mass is 364 g/mol. The first-order chi connectivity index (χ1) is 13.7. The smallest absolute Gasteiger partial charge is 0.340 e. The molecule has 0 radical (unpaired) electrons. The van der Waals surface area contributed by atoms with Crippen molar-refractivity contribution in [3.8, 4) is 0 Å². The molecule has 3 nitrogen and oxygen atoms in total. The Bertz CT molecular complexity index is 1200. The first kappa shape index (κ1) is 16.5. The van der Waals surface area contributed by atoms with Crippen LogP contribution in [0, 0.1) is 0 Å². The lowest BCUT2D eigenvalue weighted by molar-refractivity contribution is -0.139. The molecule has 5 rings (SSSR count). The molecule has 0 aromatic heterocycles. The predicted molar refractivity (Wildman–Crippen MR) is 109 cm³/mol. The summed E-state index contributed by atoms with van der Waals surface area (Å²) in [5.74, 6) is -0.509. The van der Waals surface area contributed by atoms with Crippen molar-refractivity contribution in [3.05, 3.63) is 108 Å². The minimum absolute atomic E-state index is 0.118. The summed E-state index contributed by atoms with van der Waals surface area (Å²) in [6.07, 6.45) is 6.27. The standard InChI is InChI=1S/C25H16O3/c26-21-12-14-25(15-13-21)23(20-11-10-17-6-4-5-9-19(17)16-20)22(24(27)28-25)18-7-2-1-3-8-18/h1-16H. The Morgan fingerprint density at radius 2 is 1.36 bits per heavy atom. The van der Waals surface area contributed by atoms with Crippen LogP contribution in [-0.2, 0) is 14.3 Å². The summed E-state index contributed by atoms with van der Waals surface area (Å²) in [6, 6.07) is 23.7. The Balaban J connectivity index is 1.81. The minimum atomic E-state index is -1.07. The van der Waals surface area contributed by atoms with Gasteiger partial charge in [0.2, 0.25) is 0 Å². The maximum atomic E-state index is 12.9. The summed E-state index contributed by atoms with van der Waals surface area (Å²) in [6.45, 7) is 0. The number of carbonyl (C=O) groups excluding carboxylic acids is 2. The van der Waals surface area contributed by atoms with Gasteiger partial charge in [0.25, 0.3) is 0 Å². The molecule has 0 saturated carbocycles. The SMILES string of the molecule is O=C1C=CC2(C=C1)OC(=O)C(c1ccccc1)=C2c1ccc2ccccc2c1. The fourth-order valence-electron chi connectivity index (χ4n) is 3.89. The van der Waals surface area contributed by atoms with Crippen molar-refractivity contribution in [1.29, 1.82) is 0 Å². The minimum Gasteiger partial charge on any atom is -0.442 e. The average Bonchev–Trinajstić information content (AvgIpc) is 3.02. The van der Waals surface area contributed by atoms with E-state index in [-0.39, 0.29) is 5.78 Å². The maximum absolute atomic E-state index is 12.9. The van der Waals surface area contributed by atoms with E-state index in [4.69, 9.17) is 4.74 Å². The second kappa shape index (κ2) is 6.17. The molecule has 2 aliphatic rings. The van der Waals surface area contributed by atoms with Crippen molar-refractivity contribution in [1.82, 2.24) is 0 Å². The Hall–Kier alpha value is -3.72. The number of benzene rings is 3. The number of rotatable bonds is 2. The van der Waals surface area contributed by atoms with Gasteiger partial charge in [-0.15, -0.1) is 0 Å². The lowest BCUT2D eigenvalue weighted by Gasteiger charge is -2.26. The summed E-state index contributed by atoms with van der Waals surface area (Å²) in [5, 5.41) is 2.20. The normalized spacial score (nSPS) is 17.6. The van der Waals surface area contributed by atoms with Crippen LogP contribution in [0.1, 0.15) is 11.1 Å². The third-order valence-corrected chi connectivity index (χ3v) is 5.20. The summed E-state index contributed by atoms with van der Waals surface area (Å²) in [5.41, 5.74) is 1.91. The van der Waals surface area contributed by atoms with Gasteiger partial charge in [-0.3, -0.25) is 4.79 Å². The summed E-state index contributed by atoms with van der Waals surface area (Å²) in [7, 11) is 0. The van der Waals surface area contributed by atoms with Crippen LogP contribution >= 0.6 is 0 Å². The zero-order valence-corrected chi connectivity index (χ0v) is 15.0. The van der Waals surface area contributed by atoms with Gasteiger partial charge in [0.05, 0.1) is 5.57 Å². The fraction of sp³-hybridized carbons (Fsp3) is 0.0400. The van der Waals surface area contributed by atoms with Crippen molar-refractivity contribution in [3.63, 3.8) is 0 Å². The molecule has 0 fully saturated rings. The molecule has 0 N–H and O–H groups in total. The van der Waals surface area contributed by atoms with Crippen LogP contribution in [0.3, 0.4) is 0 Å². The van der Waals surface area contributed by atoms with E-state index in [1.165, 1.54) is 12.2 Å². The van der Waals surface area contributed by atoms with E-state index in [2.05, 4.69) is 12.1 Å². The number of ketones is 1. The highest BCUT2D eigenvalue weighted by Crippen LogP contribution is 2.47. The Morgan fingerprint density at radius 1 is 0.679 bits per heavy atom. The van der Waals surface area contributed by atoms with Crippen molar-refractivity contribution < 1.29 is 14.3 Å². The molecule has 0 bridgehead atoms. The number of esters is 1. The van der Waals surface area contributed by atoms with E-state index in [1.807, 2.05) is 60.7 Å². The summed E-state index contributed by atoms with van der Waals surface area (Å²) in [4.78, 5) is 24.7. The van der Waals surface area contributed by atoms with E-state index >= 15 is 0 Å². The van der Waals surface area contributed by atoms with Gasteiger partial charge in [0.1, 0.15) is 0 Å². The van der Waals surface area contributed by atoms with Gasteiger partial charge < -0.3 is 4.74 Å². The molecular formula is C25H16O3. The second-order valence-electron chi connectivity index (χ2n) is 6.93. The zero-order valence-electron chi connectivity index (χ0n) is 15.0. The molecule has 0 atom stereocenters. The lowest BCUT2D eigenvalue weighted by Crippen LogP contribution is -2.28. The van der Waals surface area contributed by atoms with E-state index in [1.54, 1.807) is 12.2 Å². The van der Waals surface area contributed by atoms with Crippen LogP contribution < -0.4 is 0 Å². The first-order valence-corrected chi connectivity index (χ1v) is 9.11. The van der Waals surface area contributed by atoms with Gasteiger partial charge in [0, 0.05) is 5.57 Å². The Labute approximate surface area is 162 Å². The number of allylic oxidation sites excluding steroid dienone is 2. The number of hydrogen-bond acceptors (Lipinski definition) is 3. The zero-order chi connectivity index (χ0) is 19.1. The molecule has 1 spiro atoms. The van der Waals surface area contributed by atoms with Crippen LogP contribution in [0.2, 0.25) is 0 Å². The number of hydrogen-bond donors (Lipinski definition) is 0. The highest BCUT2D eigenvalue weighted by atomic mass is 16.6. The first-order valence-electron chi connectivity index (χ1n) is 9.11. The van der Waals surface area contributed by atoms with Gasteiger partial charge >= 0.3 is 5.97 Å². The molecular weight excluding hydrogens is 348 g/mol. The molecule has 1 aliphatic carbocycles. The highest BCUT2D eigenvalue weighted by molar-refractivity contribution is 6.30. The number of carbonyl (C=O) groups is 2. The van der Waals surface area contributed by atoms with E-state index in [0.29, 0.717) is 5.57 Å². The van der Waals surface area contributed by atoms with Crippen LogP contribution in [0.4, 0.5) is 0 Å². The second-order valence-corrected chi connectivity index (χ2v) is 6.93. The lowest BCUT2D eigenvalue weighted by atomic mass is 9.81. The van der Waals surface area contributed by atoms with Gasteiger partial charge in [-0.25, -0.2) is 4.79 Å². The molecule has 0 unspecified atom stereocenters. The molecule has 1 aliphatic heterocycles. The summed E-state index contributed by atoms with van der Waals surface area (Å²) >= 11 is 0. The van der Waals surface area contributed by atoms with Crippen LogP contribution in [0.25, 0.3) is 21.9 Å². The van der Waals surface area contributed by atoms with Gasteiger partial charge in [0.15, 0.2) is 11.4 Å². The molecule has 28 heavy (non-hydrogen) atoms. The summed E-state index contributed by atoms with van der Waals surface area (Å²) < 4.78 is 5.85. The van der Waals surface area contributed by atoms with Gasteiger partial charge in [-0.05, 0) is 52.3 Å². The van der Waals surface area contributed by atoms with Gasteiger partial charge in [-0.1, -0.05) is 66.7 Å². The predicted octanol–water partition coefficient (Wildman–Crippen LogP) is 4.74. The third-order valence-electron chi connectivity index (χ3n) is 5.20. The number of fused-ring (bicyclic) bond motifs is 1. The van der Waals surface area contributed by atoms with Crippen LogP contribution in [-0.4, -0.2) is 17.4 Å². The van der Waals surface area contributed by atoms with Crippen molar-refractivity contribution >= 4 is 33.7 Å². The van der Waals surface area contributed by atoms with Crippen LogP contribution in [0.15, 0.2) is 97.1 Å². The van der Waals surface area contributed by atoms with E-state index in [9.17, 15) is 9.59 Å². The van der Waals surface area contributed by atoms with E-state index < -0.39 is 11.6 Å². The highest BCUT2D eigenvalue weighted by Gasteiger charge is 2.46. The van der Waals surface area contributed by atoms with Crippen molar-refractivity contribution in [2.75, 3.05) is 0 Å². The van der Waals surface area contributed by atoms with Crippen molar-refractivity contribution in [2.45, 2.75) is 5.60 Å². The maximum Gasteiger partial charge on any atom is 0.340 e. The Morgan fingerprint density at radius 3 is 2.11 bits per heavy atom. The molecule has 3 heteroatoms. The quantitative estimate of drug-likeness (QED) is 0.617. The Kier molecular flexibility index (Phi) is 3.63. The molecule has 0 amide bonds. The molecule has 3 aromatic carbocycles. The largest absolute Gasteiger partial charge is 0.442 e. The van der Waals surface area contributed by atoms with Crippen molar-refractivity contribution in [2.24, 2.45) is 0 Å². The molecule has 0 saturated heterocycles. The van der Waals surface area contributed by atoms with Crippen LogP contribution in [0.5, 0.6) is 0 Å². The molecule has 3 aromatic rings. The average molecular weight is 364 g/mol. The fourth-order valence-corrected chi connectivity index (χ4v) is 3.89. The topological polar surface area (TPSA) is 43.4 Å². The molecule has 134 valence electrons.